The Kier molecular flexibility index (Phi) is 3.74. The number of rotatable bonds is 3. The molecule has 4 heteroatoms. The van der Waals surface area contributed by atoms with E-state index in [-0.39, 0.29) is 12.7 Å². The maximum Gasteiger partial charge on any atom is 0.307 e. The maximum atomic E-state index is 10.2. The first-order valence-electron chi connectivity index (χ1n) is 2.30. The molecule has 0 atom stereocenters. The zero-order chi connectivity index (χ0) is 6.41. The fourth-order valence-electron chi connectivity index (χ4n) is 0.206. The molecule has 0 aromatic rings. The molecule has 46 valence electrons. The van der Waals surface area contributed by atoms with E-state index in [2.05, 4.69) is 9.85 Å². The van der Waals surface area contributed by atoms with Gasteiger partial charge in [0.2, 0.25) is 6.73 Å². The molecule has 0 aliphatic rings. The number of hydrogen-bond acceptors (Lipinski definition) is 4. The van der Waals surface area contributed by atoms with E-state index in [0.717, 1.165) is 0 Å². The maximum absolute atomic E-state index is 10.2. The van der Waals surface area contributed by atoms with Gasteiger partial charge in [-0.2, -0.15) is 5.11 Å². The number of esters is 1. The van der Waals surface area contributed by atoms with Gasteiger partial charge in [0.15, 0.2) is 0 Å². The predicted octanol–water partition coefficient (Wildman–Crippen LogP) is 0.928. The van der Waals surface area contributed by atoms with Gasteiger partial charge in [-0.15, -0.1) is 0 Å². The summed E-state index contributed by atoms with van der Waals surface area (Å²) < 4.78 is 4.35. The molecule has 0 unspecified atom stereocenters. The van der Waals surface area contributed by atoms with E-state index >= 15 is 0 Å². The monoisotopic (exact) mass is 116 g/mol. The summed E-state index contributed by atoms with van der Waals surface area (Å²) >= 11 is 0. The Bertz CT molecular complexity index is 92.0. The lowest BCUT2D eigenvalue weighted by atomic mass is 10.5. The van der Waals surface area contributed by atoms with Crippen LogP contribution < -0.4 is 0 Å². The SMILES string of the molecule is CCC(=O)OCN=N. The average molecular weight is 116 g/mol. The molecule has 0 aliphatic carbocycles. The molecule has 0 amide bonds. The predicted molar refractivity (Wildman–Crippen MR) is 26.4 cm³/mol. The molecule has 0 aliphatic heterocycles. The van der Waals surface area contributed by atoms with Crippen LogP contribution in [0.2, 0.25) is 0 Å². The van der Waals surface area contributed by atoms with Crippen LogP contribution >= 0.6 is 0 Å². The third kappa shape index (κ3) is 3.27. The van der Waals surface area contributed by atoms with E-state index in [9.17, 15) is 4.79 Å². The lowest BCUT2D eigenvalue weighted by Crippen LogP contribution is -2.00. The van der Waals surface area contributed by atoms with Gasteiger partial charge in [0.25, 0.3) is 0 Å². The standard InChI is InChI=1S/C4H8N2O2/c1-2-4(7)8-3-6-5/h5H,2-3H2,1H3. The molecule has 4 nitrogen and oxygen atoms in total. The summed E-state index contributed by atoms with van der Waals surface area (Å²) in [6.07, 6.45) is 0.343. The summed E-state index contributed by atoms with van der Waals surface area (Å²) in [7, 11) is 0. The minimum atomic E-state index is -0.319. The van der Waals surface area contributed by atoms with Crippen molar-refractivity contribution in [1.82, 2.24) is 0 Å². The Morgan fingerprint density at radius 1 is 1.88 bits per heavy atom. The number of hydrogen-bond donors (Lipinski definition) is 1. The second-order valence-corrected chi connectivity index (χ2v) is 1.16. The van der Waals surface area contributed by atoms with Gasteiger partial charge in [0.05, 0.1) is 0 Å². The summed E-state index contributed by atoms with van der Waals surface area (Å²) in [5.41, 5.74) is 6.22. The molecule has 0 aromatic carbocycles. The van der Waals surface area contributed by atoms with Gasteiger partial charge in [-0.25, -0.2) is 5.53 Å². The van der Waals surface area contributed by atoms with Crippen molar-refractivity contribution in [3.8, 4) is 0 Å². The van der Waals surface area contributed by atoms with E-state index in [0.29, 0.717) is 6.42 Å². The van der Waals surface area contributed by atoms with Crippen molar-refractivity contribution in [2.45, 2.75) is 13.3 Å². The zero-order valence-corrected chi connectivity index (χ0v) is 4.68. The summed E-state index contributed by atoms with van der Waals surface area (Å²) in [5.74, 6) is -0.319. The normalized spacial score (nSPS) is 8.12. The van der Waals surface area contributed by atoms with Crippen LogP contribution in [-0.4, -0.2) is 12.7 Å². The van der Waals surface area contributed by atoms with Crippen LogP contribution in [0.15, 0.2) is 5.11 Å². The topological polar surface area (TPSA) is 62.5 Å². The van der Waals surface area contributed by atoms with Gasteiger partial charge in [-0.3, -0.25) is 4.79 Å². The molecule has 0 rings (SSSR count). The van der Waals surface area contributed by atoms with Gasteiger partial charge >= 0.3 is 5.97 Å². The Hall–Kier alpha value is -0.930. The van der Waals surface area contributed by atoms with Crippen LogP contribution in [0.25, 0.3) is 0 Å². The highest BCUT2D eigenvalue weighted by Gasteiger charge is 1.93. The van der Waals surface area contributed by atoms with E-state index in [4.69, 9.17) is 5.53 Å². The molecule has 0 aromatic heterocycles. The summed E-state index contributed by atoms with van der Waals surface area (Å²) in [4.78, 5) is 10.2. The number of carbonyl (C=O) groups is 1. The van der Waals surface area contributed by atoms with Crippen molar-refractivity contribution in [1.29, 1.82) is 5.53 Å². The fraction of sp³-hybridized carbons (Fsp3) is 0.750. The van der Waals surface area contributed by atoms with Crippen molar-refractivity contribution < 1.29 is 9.53 Å². The van der Waals surface area contributed by atoms with E-state index < -0.39 is 0 Å². The summed E-state index contributed by atoms with van der Waals surface area (Å²) in [5, 5.41) is 2.83. The molecular formula is C4H8N2O2. The Labute approximate surface area is 47.3 Å². The molecule has 8 heavy (non-hydrogen) atoms. The number of nitrogens with one attached hydrogen (secondary N) is 1. The van der Waals surface area contributed by atoms with Gasteiger partial charge in [-0.1, -0.05) is 6.92 Å². The lowest BCUT2D eigenvalue weighted by molar-refractivity contribution is -0.143. The molecule has 0 spiro atoms. The first kappa shape index (κ1) is 7.07. The first-order valence-corrected chi connectivity index (χ1v) is 2.30. The molecule has 1 N–H and O–H groups in total. The number of carbonyl (C=O) groups excluding carboxylic acids is 1. The van der Waals surface area contributed by atoms with E-state index in [1.165, 1.54) is 0 Å². The average Bonchev–Trinajstić information content (AvgIpc) is 1.83. The highest BCUT2D eigenvalue weighted by molar-refractivity contribution is 5.68. The van der Waals surface area contributed by atoms with Gasteiger partial charge in [-0.05, 0) is 0 Å². The van der Waals surface area contributed by atoms with Crippen molar-refractivity contribution in [2.24, 2.45) is 5.11 Å². The van der Waals surface area contributed by atoms with Crippen molar-refractivity contribution >= 4 is 5.97 Å². The molecule has 0 bridgehead atoms. The largest absolute Gasteiger partial charge is 0.441 e. The van der Waals surface area contributed by atoms with Crippen LogP contribution in [0.5, 0.6) is 0 Å². The van der Waals surface area contributed by atoms with E-state index in [1.807, 2.05) is 0 Å². The summed E-state index contributed by atoms with van der Waals surface area (Å²) in [6, 6.07) is 0. The first-order chi connectivity index (χ1) is 3.81. The molecule has 0 saturated carbocycles. The Morgan fingerprint density at radius 3 is 2.88 bits per heavy atom. The Morgan fingerprint density at radius 2 is 2.50 bits per heavy atom. The third-order valence-corrected chi connectivity index (χ3v) is 0.579. The van der Waals surface area contributed by atoms with Crippen LogP contribution in [0.1, 0.15) is 13.3 Å². The highest BCUT2D eigenvalue weighted by Crippen LogP contribution is 1.82. The zero-order valence-electron chi connectivity index (χ0n) is 4.68. The van der Waals surface area contributed by atoms with Crippen LogP contribution in [0, 0.1) is 5.53 Å². The van der Waals surface area contributed by atoms with Crippen molar-refractivity contribution in [2.75, 3.05) is 6.73 Å². The van der Waals surface area contributed by atoms with Gasteiger partial charge in [0, 0.05) is 6.42 Å². The molecule has 0 fully saturated rings. The minimum Gasteiger partial charge on any atom is -0.441 e. The molecular weight excluding hydrogens is 108 g/mol. The lowest BCUT2D eigenvalue weighted by Gasteiger charge is -1.93. The van der Waals surface area contributed by atoms with E-state index in [1.54, 1.807) is 6.92 Å². The number of nitrogens with zero attached hydrogens (tertiary/aromatic N) is 1. The van der Waals surface area contributed by atoms with Crippen LogP contribution in [0.3, 0.4) is 0 Å². The quantitative estimate of drug-likeness (QED) is 0.440. The fourth-order valence-corrected chi connectivity index (χ4v) is 0.206. The smallest absolute Gasteiger partial charge is 0.307 e. The molecule has 0 heterocycles. The molecule has 0 saturated heterocycles. The molecule has 0 radical (unpaired) electrons. The van der Waals surface area contributed by atoms with Crippen molar-refractivity contribution in [3.05, 3.63) is 0 Å². The summed E-state index contributed by atoms with van der Waals surface area (Å²) in [6.45, 7) is 1.54. The Balaban J connectivity index is 3.11. The third-order valence-electron chi connectivity index (χ3n) is 0.579. The number of ether oxygens (including phenoxy) is 1. The van der Waals surface area contributed by atoms with Crippen molar-refractivity contribution in [3.63, 3.8) is 0 Å². The highest BCUT2D eigenvalue weighted by atomic mass is 16.5. The van der Waals surface area contributed by atoms with Gasteiger partial charge in [0.1, 0.15) is 0 Å². The van der Waals surface area contributed by atoms with Crippen LogP contribution in [0.4, 0.5) is 0 Å². The minimum absolute atomic E-state index is 0.146. The second kappa shape index (κ2) is 4.23. The van der Waals surface area contributed by atoms with Gasteiger partial charge < -0.3 is 4.74 Å². The second-order valence-electron chi connectivity index (χ2n) is 1.16. The van der Waals surface area contributed by atoms with Crippen LogP contribution in [-0.2, 0) is 9.53 Å².